The summed E-state index contributed by atoms with van der Waals surface area (Å²) in [7, 11) is 0. The normalized spacial score (nSPS) is 19.3. The van der Waals surface area contributed by atoms with Crippen LogP contribution in [0.15, 0.2) is 55.0 Å². The molecule has 4 heteroatoms. The van der Waals surface area contributed by atoms with Crippen molar-refractivity contribution in [2.75, 3.05) is 5.32 Å². The predicted molar refractivity (Wildman–Crippen MR) is 100 cm³/mol. The highest BCUT2D eigenvalue weighted by molar-refractivity contribution is 5.97. The van der Waals surface area contributed by atoms with Crippen LogP contribution in [0.4, 0.5) is 5.69 Å². The monoisotopic (exact) mass is 333 g/mol. The summed E-state index contributed by atoms with van der Waals surface area (Å²) in [6.45, 7) is 5.44. The minimum absolute atomic E-state index is 0.0606. The number of carbonyl (C=O) groups excluding carboxylic acids is 1. The van der Waals surface area contributed by atoms with Crippen molar-refractivity contribution in [3.63, 3.8) is 0 Å². The van der Waals surface area contributed by atoms with Gasteiger partial charge in [-0.1, -0.05) is 19.9 Å². The summed E-state index contributed by atoms with van der Waals surface area (Å²) in [5, 5.41) is 4.24. The van der Waals surface area contributed by atoms with Crippen LogP contribution in [0.2, 0.25) is 0 Å². The molecule has 1 aliphatic carbocycles. The molecule has 0 spiro atoms. The molecule has 1 fully saturated rings. The fraction of sp³-hybridized carbons (Fsp3) is 0.333. The molecule has 1 aliphatic rings. The topological polar surface area (TPSA) is 46.9 Å². The molecule has 1 aromatic carbocycles. The molecule has 0 aliphatic heterocycles. The summed E-state index contributed by atoms with van der Waals surface area (Å²) >= 11 is 0. The van der Waals surface area contributed by atoms with Crippen LogP contribution in [0.25, 0.3) is 10.9 Å². The number of amides is 1. The molecular formula is C21H23N3O. The van der Waals surface area contributed by atoms with Gasteiger partial charge in [-0.15, -0.1) is 0 Å². The minimum atomic E-state index is 0.0606. The number of carbonyl (C=O) groups is 1. The number of anilines is 1. The first-order valence-corrected chi connectivity index (χ1v) is 8.91. The Kier molecular flexibility index (Phi) is 4.04. The van der Waals surface area contributed by atoms with E-state index in [4.69, 9.17) is 0 Å². The number of nitrogens with one attached hydrogen (secondary N) is 1. The molecule has 0 bridgehead atoms. The van der Waals surface area contributed by atoms with Crippen molar-refractivity contribution in [1.29, 1.82) is 0 Å². The van der Waals surface area contributed by atoms with Crippen molar-refractivity contribution in [2.45, 2.75) is 32.7 Å². The maximum Gasteiger partial charge on any atom is 0.228 e. The van der Waals surface area contributed by atoms with Crippen LogP contribution in [0.3, 0.4) is 0 Å². The van der Waals surface area contributed by atoms with Crippen LogP contribution in [0, 0.1) is 11.8 Å². The number of hydrogen-bond acceptors (Lipinski definition) is 2. The van der Waals surface area contributed by atoms with Crippen LogP contribution < -0.4 is 5.32 Å². The van der Waals surface area contributed by atoms with Crippen molar-refractivity contribution in [3.05, 3.63) is 60.6 Å². The molecule has 128 valence electrons. The molecule has 4 nitrogen and oxygen atoms in total. The van der Waals surface area contributed by atoms with Crippen LogP contribution in [-0.2, 0) is 11.3 Å². The van der Waals surface area contributed by atoms with Gasteiger partial charge in [-0.05, 0) is 54.2 Å². The predicted octanol–water partition coefficient (Wildman–Crippen LogP) is 4.43. The lowest BCUT2D eigenvalue weighted by molar-refractivity contribution is -0.117. The number of aromatic nitrogens is 2. The summed E-state index contributed by atoms with van der Waals surface area (Å²) in [6, 6.07) is 12.2. The van der Waals surface area contributed by atoms with Gasteiger partial charge in [0.1, 0.15) is 0 Å². The molecule has 0 saturated heterocycles. The SMILES string of the molecule is CC(C)Cn1ccc2cc(NC(=O)[C@H]3C[C@H]3c3cccnc3)ccc21. The summed E-state index contributed by atoms with van der Waals surface area (Å²) in [5.74, 6) is 1.08. The number of benzene rings is 1. The first-order valence-electron chi connectivity index (χ1n) is 8.91. The first-order chi connectivity index (χ1) is 12.1. The number of pyridine rings is 1. The largest absolute Gasteiger partial charge is 0.347 e. The standard InChI is InChI=1S/C21H23N3O/c1-14(2)13-24-9-7-15-10-17(5-6-20(15)24)23-21(25)19-11-18(19)16-4-3-8-22-12-16/h3-10,12,14,18-19H,11,13H2,1-2H3,(H,23,25)/t18-,19-/m0/s1. The van der Waals surface area contributed by atoms with Crippen molar-refractivity contribution < 1.29 is 4.79 Å². The van der Waals surface area contributed by atoms with Gasteiger partial charge in [0.2, 0.25) is 5.91 Å². The molecule has 2 atom stereocenters. The van der Waals surface area contributed by atoms with Gasteiger partial charge in [-0.25, -0.2) is 0 Å². The molecule has 25 heavy (non-hydrogen) atoms. The van der Waals surface area contributed by atoms with Crippen LogP contribution in [-0.4, -0.2) is 15.5 Å². The van der Waals surface area contributed by atoms with Gasteiger partial charge in [-0.3, -0.25) is 9.78 Å². The Balaban J connectivity index is 1.45. The van der Waals surface area contributed by atoms with Crippen molar-refractivity contribution in [3.8, 4) is 0 Å². The summed E-state index contributed by atoms with van der Waals surface area (Å²) in [5.41, 5.74) is 3.24. The van der Waals surface area contributed by atoms with Crippen molar-refractivity contribution in [1.82, 2.24) is 9.55 Å². The van der Waals surface area contributed by atoms with E-state index in [0.29, 0.717) is 11.8 Å². The first kappa shape index (κ1) is 15.9. The Labute approximate surface area is 147 Å². The lowest BCUT2D eigenvalue weighted by Crippen LogP contribution is -2.14. The van der Waals surface area contributed by atoms with E-state index in [1.54, 1.807) is 6.20 Å². The molecule has 1 saturated carbocycles. The zero-order chi connectivity index (χ0) is 17.4. The third-order valence-electron chi connectivity index (χ3n) is 4.84. The molecule has 1 N–H and O–H groups in total. The summed E-state index contributed by atoms with van der Waals surface area (Å²) in [6.07, 6.45) is 6.66. The zero-order valence-electron chi connectivity index (χ0n) is 14.6. The molecule has 1 amide bonds. The van der Waals surface area contributed by atoms with E-state index in [2.05, 4.69) is 59.2 Å². The smallest absolute Gasteiger partial charge is 0.228 e. The number of nitrogens with zero attached hydrogens (tertiary/aromatic N) is 2. The van der Waals surface area contributed by atoms with Gasteiger partial charge in [0.05, 0.1) is 0 Å². The molecule has 4 rings (SSSR count). The van der Waals surface area contributed by atoms with E-state index in [0.717, 1.165) is 29.6 Å². The maximum atomic E-state index is 12.5. The number of rotatable bonds is 5. The summed E-state index contributed by atoms with van der Waals surface area (Å²) in [4.78, 5) is 16.7. The molecule has 2 heterocycles. The zero-order valence-corrected chi connectivity index (χ0v) is 14.6. The Morgan fingerprint density at radius 1 is 1.32 bits per heavy atom. The van der Waals surface area contributed by atoms with Crippen molar-refractivity contribution >= 4 is 22.5 Å². The Hall–Kier alpha value is -2.62. The quantitative estimate of drug-likeness (QED) is 0.750. The second kappa shape index (κ2) is 6.36. The van der Waals surface area contributed by atoms with Crippen LogP contribution in [0.1, 0.15) is 31.7 Å². The fourth-order valence-corrected chi connectivity index (χ4v) is 3.51. The van der Waals surface area contributed by atoms with Gasteiger partial charge in [0, 0.05) is 47.6 Å². The van der Waals surface area contributed by atoms with Gasteiger partial charge in [0.25, 0.3) is 0 Å². The van der Waals surface area contributed by atoms with Crippen LogP contribution in [0.5, 0.6) is 0 Å². The third-order valence-corrected chi connectivity index (χ3v) is 4.84. The van der Waals surface area contributed by atoms with E-state index >= 15 is 0 Å². The average Bonchev–Trinajstić information content (AvgIpc) is 3.32. The summed E-state index contributed by atoms with van der Waals surface area (Å²) < 4.78 is 2.27. The highest BCUT2D eigenvalue weighted by Crippen LogP contribution is 2.47. The van der Waals surface area contributed by atoms with Crippen molar-refractivity contribution in [2.24, 2.45) is 11.8 Å². The van der Waals surface area contributed by atoms with E-state index in [1.165, 1.54) is 5.52 Å². The Morgan fingerprint density at radius 3 is 2.96 bits per heavy atom. The molecule has 3 aromatic rings. The van der Waals surface area contributed by atoms with Gasteiger partial charge in [-0.2, -0.15) is 0 Å². The number of hydrogen-bond donors (Lipinski definition) is 1. The molecular weight excluding hydrogens is 310 g/mol. The number of fused-ring (bicyclic) bond motifs is 1. The van der Waals surface area contributed by atoms with Gasteiger partial charge < -0.3 is 9.88 Å². The Bertz CT molecular complexity index is 898. The second-order valence-corrected chi connectivity index (χ2v) is 7.36. The van der Waals surface area contributed by atoms with Gasteiger partial charge >= 0.3 is 0 Å². The van der Waals surface area contributed by atoms with Gasteiger partial charge in [0.15, 0.2) is 0 Å². The molecule has 0 radical (unpaired) electrons. The van der Waals surface area contributed by atoms with Crippen LogP contribution >= 0.6 is 0 Å². The highest BCUT2D eigenvalue weighted by Gasteiger charge is 2.44. The lowest BCUT2D eigenvalue weighted by Gasteiger charge is -2.09. The van der Waals surface area contributed by atoms with E-state index < -0.39 is 0 Å². The highest BCUT2D eigenvalue weighted by atomic mass is 16.2. The fourth-order valence-electron chi connectivity index (χ4n) is 3.51. The third kappa shape index (κ3) is 3.29. The Morgan fingerprint density at radius 2 is 2.20 bits per heavy atom. The van der Waals surface area contributed by atoms with E-state index in [-0.39, 0.29) is 11.8 Å². The maximum absolute atomic E-state index is 12.5. The molecule has 0 unspecified atom stereocenters. The second-order valence-electron chi connectivity index (χ2n) is 7.36. The van der Waals surface area contributed by atoms with E-state index in [1.807, 2.05) is 18.3 Å². The molecule has 2 aromatic heterocycles. The van der Waals surface area contributed by atoms with E-state index in [9.17, 15) is 4.79 Å². The lowest BCUT2D eigenvalue weighted by atomic mass is 10.1. The minimum Gasteiger partial charge on any atom is -0.347 e. The average molecular weight is 333 g/mol.